The van der Waals surface area contributed by atoms with Crippen LogP contribution in [-0.2, 0) is 13.2 Å². The van der Waals surface area contributed by atoms with Gasteiger partial charge in [-0.15, -0.1) is 0 Å². The van der Waals surface area contributed by atoms with Gasteiger partial charge in [0.2, 0.25) is 0 Å². The molecule has 0 fully saturated rings. The Kier molecular flexibility index (Phi) is 5.81. The third-order valence-electron chi connectivity index (χ3n) is 2.82. The van der Waals surface area contributed by atoms with Crippen LogP contribution in [-0.4, -0.2) is 11.7 Å². The first kappa shape index (κ1) is 16.0. The van der Waals surface area contributed by atoms with Crippen molar-refractivity contribution in [3.8, 4) is 11.5 Å². The second-order valence-electron chi connectivity index (χ2n) is 4.41. The summed E-state index contributed by atoms with van der Waals surface area (Å²) in [5.41, 5.74) is 1.51. The Morgan fingerprint density at radius 3 is 2.62 bits per heavy atom. The molecule has 21 heavy (non-hydrogen) atoms. The lowest BCUT2D eigenvalue weighted by molar-refractivity contribution is 0.262. The number of hydrogen-bond donors (Lipinski definition) is 1. The van der Waals surface area contributed by atoms with E-state index in [2.05, 4.69) is 22.6 Å². The molecule has 0 bridgehead atoms. The molecule has 112 valence electrons. The maximum Gasteiger partial charge on any atom is 0.174 e. The van der Waals surface area contributed by atoms with Crippen LogP contribution in [0.4, 0.5) is 4.39 Å². The van der Waals surface area contributed by atoms with E-state index in [9.17, 15) is 9.50 Å². The lowest BCUT2D eigenvalue weighted by Crippen LogP contribution is -2.03. The van der Waals surface area contributed by atoms with Gasteiger partial charge in [0.1, 0.15) is 12.4 Å². The normalized spacial score (nSPS) is 10.5. The average Bonchev–Trinajstić information content (AvgIpc) is 2.46. The Bertz CT molecular complexity index is 616. The van der Waals surface area contributed by atoms with E-state index in [0.29, 0.717) is 18.1 Å². The Hall–Kier alpha value is -1.34. The number of ether oxygens (including phenoxy) is 2. The van der Waals surface area contributed by atoms with Crippen molar-refractivity contribution >= 4 is 22.6 Å². The van der Waals surface area contributed by atoms with Gasteiger partial charge in [0, 0.05) is 0 Å². The summed E-state index contributed by atoms with van der Waals surface area (Å²) in [4.78, 5) is 0. The zero-order chi connectivity index (χ0) is 15.2. The highest BCUT2D eigenvalue weighted by Gasteiger charge is 2.12. The van der Waals surface area contributed by atoms with Gasteiger partial charge in [0.25, 0.3) is 0 Å². The molecule has 0 saturated carbocycles. The molecule has 2 aromatic carbocycles. The minimum atomic E-state index is -0.286. The van der Waals surface area contributed by atoms with E-state index < -0.39 is 0 Å². The summed E-state index contributed by atoms with van der Waals surface area (Å²) in [6, 6.07) is 9.89. The molecule has 0 aliphatic carbocycles. The van der Waals surface area contributed by atoms with Gasteiger partial charge in [-0.2, -0.15) is 0 Å². The molecule has 0 aromatic heterocycles. The van der Waals surface area contributed by atoms with Gasteiger partial charge in [0.05, 0.1) is 16.8 Å². The smallest absolute Gasteiger partial charge is 0.174 e. The molecule has 2 rings (SSSR count). The summed E-state index contributed by atoms with van der Waals surface area (Å²) in [6.45, 7) is 2.59. The van der Waals surface area contributed by atoms with Gasteiger partial charge >= 0.3 is 0 Å². The fourth-order valence-electron chi connectivity index (χ4n) is 1.90. The number of hydrogen-bond acceptors (Lipinski definition) is 3. The lowest BCUT2D eigenvalue weighted by atomic mass is 10.2. The molecule has 0 radical (unpaired) electrons. The van der Waals surface area contributed by atoms with E-state index in [4.69, 9.17) is 9.47 Å². The van der Waals surface area contributed by atoms with Crippen LogP contribution >= 0.6 is 22.6 Å². The van der Waals surface area contributed by atoms with Crippen LogP contribution in [0.15, 0.2) is 36.4 Å². The molecule has 0 spiro atoms. The topological polar surface area (TPSA) is 38.7 Å². The maximum absolute atomic E-state index is 13.2. The Morgan fingerprint density at radius 2 is 1.95 bits per heavy atom. The number of aliphatic hydroxyl groups is 1. The summed E-state index contributed by atoms with van der Waals surface area (Å²) >= 11 is 2.13. The van der Waals surface area contributed by atoms with Crippen molar-refractivity contribution in [2.45, 2.75) is 20.1 Å². The Balaban J connectivity index is 2.22. The molecule has 0 saturated heterocycles. The van der Waals surface area contributed by atoms with Gasteiger partial charge in [-0.25, -0.2) is 4.39 Å². The third-order valence-corrected chi connectivity index (χ3v) is 3.63. The van der Waals surface area contributed by atoms with Gasteiger partial charge in [0.15, 0.2) is 11.5 Å². The minimum Gasteiger partial charge on any atom is -0.490 e. The number of halogens is 2. The first-order valence-corrected chi connectivity index (χ1v) is 7.65. The molecule has 0 unspecified atom stereocenters. The van der Waals surface area contributed by atoms with Gasteiger partial charge in [-0.05, 0) is 64.9 Å². The van der Waals surface area contributed by atoms with Crippen molar-refractivity contribution in [3.05, 3.63) is 56.9 Å². The van der Waals surface area contributed by atoms with Gasteiger partial charge in [-0.3, -0.25) is 0 Å². The summed E-state index contributed by atoms with van der Waals surface area (Å²) in [5.74, 6) is 0.912. The molecular formula is C16H16FIO3. The molecule has 1 N–H and O–H groups in total. The zero-order valence-corrected chi connectivity index (χ0v) is 13.8. The lowest BCUT2D eigenvalue weighted by Gasteiger charge is -2.15. The van der Waals surface area contributed by atoms with Crippen LogP contribution in [0.3, 0.4) is 0 Å². The van der Waals surface area contributed by atoms with E-state index in [0.717, 1.165) is 14.7 Å². The molecule has 3 nitrogen and oxygen atoms in total. The second kappa shape index (κ2) is 7.61. The Labute approximate surface area is 136 Å². The van der Waals surface area contributed by atoms with Gasteiger partial charge in [-0.1, -0.05) is 12.1 Å². The van der Waals surface area contributed by atoms with E-state index in [1.165, 1.54) is 12.1 Å². The quantitative estimate of drug-likeness (QED) is 0.746. The van der Waals surface area contributed by atoms with Crippen molar-refractivity contribution in [2.75, 3.05) is 6.61 Å². The van der Waals surface area contributed by atoms with Crippen LogP contribution in [0.5, 0.6) is 11.5 Å². The molecule has 0 aliphatic rings. The van der Waals surface area contributed by atoms with E-state index in [1.807, 2.05) is 13.0 Å². The van der Waals surface area contributed by atoms with Crippen LogP contribution in [0.25, 0.3) is 0 Å². The molecule has 5 heteroatoms. The molecule has 0 heterocycles. The highest BCUT2D eigenvalue weighted by molar-refractivity contribution is 14.1. The average molecular weight is 402 g/mol. The summed E-state index contributed by atoms with van der Waals surface area (Å²) in [6.07, 6.45) is 0. The monoisotopic (exact) mass is 402 g/mol. The maximum atomic E-state index is 13.2. The highest BCUT2D eigenvalue weighted by atomic mass is 127. The van der Waals surface area contributed by atoms with Crippen LogP contribution in [0.1, 0.15) is 18.1 Å². The van der Waals surface area contributed by atoms with Crippen LogP contribution < -0.4 is 9.47 Å². The van der Waals surface area contributed by atoms with E-state index >= 15 is 0 Å². The van der Waals surface area contributed by atoms with Crippen LogP contribution in [0.2, 0.25) is 0 Å². The highest BCUT2D eigenvalue weighted by Crippen LogP contribution is 2.34. The largest absolute Gasteiger partial charge is 0.490 e. The Morgan fingerprint density at radius 1 is 1.14 bits per heavy atom. The molecule has 0 amide bonds. The van der Waals surface area contributed by atoms with E-state index in [-0.39, 0.29) is 19.0 Å². The molecule has 0 atom stereocenters. The molecular weight excluding hydrogens is 386 g/mol. The first-order chi connectivity index (χ1) is 10.1. The number of aliphatic hydroxyl groups excluding tert-OH is 1. The number of benzene rings is 2. The predicted molar refractivity (Wildman–Crippen MR) is 87.0 cm³/mol. The van der Waals surface area contributed by atoms with Crippen molar-refractivity contribution < 1.29 is 19.0 Å². The first-order valence-electron chi connectivity index (χ1n) is 6.57. The second-order valence-corrected chi connectivity index (χ2v) is 5.58. The SMILES string of the molecule is CCOc1cc(CO)cc(I)c1OCc1cccc(F)c1. The summed E-state index contributed by atoms with van der Waals surface area (Å²) in [5, 5.41) is 9.24. The third kappa shape index (κ3) is 4.31. The standard InChI is InChI=1S/C16H16FIO3/c1-2-20-15-8-12(9-19)7-14(18)16(15)21-10-11-4-3-5-13(17)6-11/h3-8,19H,2,9-10H2,1H3. The van der Waals surface area contributed by atoms with Crippen molar-refractivity contribution in [2.24, 2.45) is 0 Å². The number of rotatable bonds is 6. The summed E-state index contributed by atoms with van der Waals surface area (Å²) in [7, 11) is 0. The van der Waals surface area contributed by atoms with E-state index in [1.54, 1.807) is 18.2 Å². The van der Waals surface area contributed by atoms with Crippen molar-refractivity contribution in [3.63, 3.8) is 0 Å². The predicted octanol–water partition coefficient (Wildman–Crippen LogP) is 3.90. The van der Waals surface area contributed by atoms with Crippen molar-refractivity contribution in [1.82, 2.24) is 0 Å². The fourth-order valence-corrected chi connectivity index (χ4v) is 2.72. The van der Waals surface area contributed by atoms with Crippen LogP contribution in [0, 0.1) is 9.39 Å². The van der Waals surface area contributed by atoms with Gasteiger partial charge < -0.3 is 14.6 Å². The van der Waals surface area contributed by atoms with Crippen molar-refractivity contribution in [1.29, 1.82) is 0 Å². The molecule has 0 aliphatic heterocycles. The molecule has 2 aromatic rings. The fraction of sp³-hybridized carbons (Fsp3) is 0.250. The minimum absolute atomic E-state index is 0.0553. The zero-order valence-electron chi connectivity index (χ0n) is 11.6. The summed E-state index contributed by atoms with van der Waals surface area (Å²) < 4.78 is 25.3.